The van der Waals surface area contributed by atoms with E-state index in [0.717, 1.165) is 25.0 Å². The van der Waals surface area contributed by atoms with Gasteiger partial charge in [-0.25, -0.2) is 4.79 Å². The van der Waals surface area contributed by atoms with E-state index < -0.39 is 0 Å². The van der Waals surface area contributed by atoms with Crippen LogP contribution in [0.2, 0.25) is 0 Å². The van der Waals surface area contributed by atoms with Crippen LogP contribution in [0.15, 0.2) is 0 Å². The number of amides is 2. The molecule has 0 aromatic carbocycles. The lowest BCUT2D eigenvalue weighted by Crippen LogP contribution is -2.44. The number of hydrogen-bond donors (Lipinski definition) is 4. The number of H-pyrrole nitrogens is 1. The summed E-state index contributed by atoms with van der Waals surface area (Å²) < 4.78 is 0. The van der Waals surface area contributed by atoms with Crippen LogP contribution in [0, 0.1) is 17.2 Å². The fraction of sp³-hybridized carbons (Fsp3) is 0.667. The topological polar surface area (TPSA) is 120 Å². The maximum atomic E-state index is 11.8. The van der Waals surface area contributed by atoms with Crippen molar-refractivity contribution in [3.05, 3.63) is 11.3 Å². The molecule has 0 radical (unpaired) electrons. The molecule has 1 aliphatic carbocycles. The van der Waals surface area contributed by atoms with Crippen molar-refractivity contribution in [1.82, 2.24) is 20.8 Å². The molecule has 0 bridgehead atoms. The molecule has 7 heteroatoms. The molecule has 2 atom stereocenters. The van der Waals surface area contributed by atoms with Gasteiger partial charge < -0.3 is 16.4 Å². The fourth-order valence-electron chi connectivity index (χ4n) is 2.97. The lowest BCUT2D eigenvalue weighted by molar-refractivity contribution is 0.227. The number of aromatic amines is 1. The van der Waals surface area contributed by atoms with E-state index in [1.165, 1.54) is 12.8 Å². The van der Waals surface area contributed by atoms with Gasteiger partial charge in [-0.1, -0.05) is 19.8 Å². The number of nitrogens with one attached hydrogen (secondary N) is 3. The minimum absolute atomic E-state index is 0.108. The largest absolute Gasteiger partial charge is 0.381 e. The van der Waals surface area contributed by atoms with E-state index in [0.29, 0.717) is 30.5 Å². The molecular formula is C15H24N6O. The summed E-state index contributed by atoms with van der Waals surface area (Å²) >= 11 is 0. The quantitative estimate of drug-likeness (QED) is 0.618. The van der Waals surface area contributed by atoms with Crippen molar-refractivity contribution >= 4 is 11.8 Å². The summed E-state index contributed by atoms with van der Waals surface area (Å²) in [6, 6.07) is 2.22. The van der Waals surface area contributed by atoms with Crippen molar-refractivity contribution in [2.75, 3.05) is 12.3 Å². The highest BCUT2D eigenvalue weighted by Gasteiger charge is 2.20. The Balaban J connectivity index is 1.66. The van der Waals surface area contributed by atoms with E-state index >= 15 is 0 Å². The average molecular weight is 304 g/mol. The van der Waals surface area contributed by atoms with Gasteiger partial charge in [0.25, 0.3) is 0 Å². The molecular weight excluding hydrogens is 280 g/mol. The summed E-state index contributed by atoms with van der Waals surface area (Å²) in [5, 5.41) is 21.4. The van der Waals surface area contributed by atoms with Crippen LogP contribution < -0.4 is 16.4 Å². The zero-order valence-electron chi connectivity index (χ0n) is 13.0. The number of carbonyl (C=O) groups is 1. The number of rotatable bonds is 5. The number of nitrogen functional groups attached to an aromatic ring is 1. The first kappa shape index (κ1) is 16.1. The number of carbonyl (C=O) groups excluding carboxylic acids is 1. The third-order valence-corrected chi connectivity index (χ3v) is 4.14. The summed E-state index contributed by atoms with van der Waals surface area (Å²) in [5.74, 6) is 0.920. The second kappa shape index (κ2) is 7.69. The molecule has 0 unspecified atom stereocenters. The highest BCUT2D eigenvalue weighted by atomic mass is 16.2. The lowest BCUT2D eigenvalue weighted by Gasteiger charge is -2.27. The zero-order valence-corrected chi connectivity index (χ0v) is 13.0. The number of urea groups is 1. The molecule has 1 aromatic rings. The number of aryl methyl sites for hydroxylation is 1. The maximum Gasteiger partial charge on any atom is 0.315 e. The van der Waals surface area contributed by atoms with E-state index in [4.69, 9.17) is 11.0 Å². The van der Waals surface area contributed by atoms with Gasteiger partial charge in [0.15, 0.2) is 5.82 Å². The summed E-state index contributed by atoms with van der Waals surface area (Å²) in [7, 11) is 0. The number of nitrogens with zero attached hydrogens (tertiary/aromatic N) is 2. The minimum atomic E-state index is -0.108. The molecule has 5 N–H and O–H groups in total. The lowest BCUT2D eigenvalue weighted by atomic mass is 9.87. The number of anilines is 1. The van der Waals surface area contributed by atoms with Gasteiger partial charge in [0, 0.05) is 12.6 Å². The molecule has 7 nitrogen and oxygen atoms in total. The van der Waals surface area contributed by atoms with E-state index in [1.54, 1.807) is 0 Å². The first-order valence-electron chi connectivity index (χ1n) is 7.87. The minimum Gasteiger partial charge on any atom is -0.381 e. The van der Waals surface area contributed by atoms with E-state index in [2.05, 4.69) is 27.8 Å². The van der Waals surface area contributed by atoms with E-state index in [9.17, 15) is 4.79 Å². The summed E-state index contributed by atoms with van der Waals surface area (Å²) in [4.78, 5) is 11.8. The van der Waals surface area contributed by atoms with E-state index in [1.807, 2.05) is 6.07 Å². The van der Waals surface area contributed by atoms with Crippen molar-refractivity contribution in [1.29, 1.82) is 5.26 Å². The molecule has 1 heterocycles. The Kier molecular flexibility index (Phi) is 5.64. The highest BCUT2D eigenvalue weighted by Crippen LogP contribution is 2.23. The van der Waals surface area contributed by atoms with Crippen LogP contribution >= 0.6 is 0 Å². The predicted octanol–water partition coefficient (Wildman–Crippen LogP) is 1.67. The summed E-state index contributed by atoms with van der Waals surface area (Å²) in [5.41, 5.74) is 6.70. The van der Waals surface area contributed by atoms with Crippen LogP contribution in [0.25, 0.3) is 0 Å². The van der Waals surface area contributed by atoms with E-state index in [-0.39, 0.29) is 11.8 Å². The van der Waals surface area contributed by atoms with Crippen LogP contribution in [0.5, 0.6) is 0 Å². The Bertz CT molecular complexity index is 547. The van der Waals surface area contributed by atoms with Crippen LogP contribution in [-0.4, -0.2) is 28.8 Å². The molecule has 0 spiro atoms. The Hall–Kier alpha value is -2.23. The van der Waals surface area contributed by atoms with Crippen molar-refractivity contribution in [3.8, 4) is 6.07 Å². The summed E-state index contributed by atoms with van der Waals surface area (Å²) in [6.45, 7) is 2.78. The number of nitrogens with two attached hydrogens (primary N) is 1. The van der Waals surface area contributed by atoms with Gasteiger partial charge in [-0.3, -0.25) is 5.10 Å². The van der Waals surface area contributed by atoms with Crippen molar-refractivity contribution in [3.63, 3.8) is 0 Å². The molecule has 2 amide bonds. The molecule has 22 heavy (non-hydrogen) atoms. The Labute approximate surface area is 130 Å². The molecule has 1 aromatic heterocycles. The first-order chi connectivity index (χ1) is 10.6. The van der Waals surface area contributed by atoms with Gasteiger partial charge in [0.2, 0.25) is 0 Å². The van der Waals surface area contributed by atoms with Crippen LogP contribution in [0.4, 0.5) is 10.6 Å². The second-order valence-corrected chi connectivity index (χ2v) is 6.05. The van der Waals surface area contributed by atoms with Gasteiger partial charge in [-0.2, -0.15) is 10.4 Å². The molecule has 1 aliphatic rings. The van der Waals surface area contributed by atoms with Gasteiger partial charge in [-0.05, 0) is 31.6 Å². The monoisotopic (exact) mass is 304 g/mol. The normalized spacial score (nSPS) is 21.1. The van der Waals surface area contributed by atoms with Crippen LogP contribution in [0.1, 0.15) is 50.3 Å². The average Bonchev–Trinajstić information content (AvgIpc) is 2.84. The van der Waals surface area contributed by atoms with Crippen molar-refractivity contribution < 1.29 is 4.79 Å². The molecule has 0 aliphatic heterocycles. The zero-order chi connectivity index (χ0) is 15.9. The van der Waals surface area contributed by atoms with Crippen molar-refractivity contribution in [2.45, 2.75) is 51.5 Å². The fourth-order valence-corrected chi connectivity index (χ4v) is 2.97. The van der Waals surface area contributed by atoms with Gasteiger partial charge in [0.05, 0.1) is 5.69 Å². The van der Waals surface area contributed by atoms with Crippen molar-refractivity contribution in [2.24, 2.45) is 5.92 Å². The molecule has 120 valence electrons. The number of nitriles is 1. The molecule has 2 rings (SSSR count). The smallest absolute Gasteiger partial charge is 0.315 e. The molecule has 0 saturated heterocycles. The van der Waals surface area contributed by atoms with Gasteiger partial charge in [-0.15, -0.1) is 0 Å². The summed E-state index contributed by atoms with van der Waals surface area (Å²) in [6.07, 6.45) is 5.93. The van der Waals surface area contributed by atoms with Gasteiger partial charge in [0.1, 0.15) is 11.6 Å². The number of aromatic nitrogens is 2. The predicted molar refractivity (Wildman–Crippen MR) is 84.0 cm³/mol. The van der Waals surface area contributed by atoms with Crippen LogP contribution in [0.3, 0.4) is 0 Å². The SMILES string of the molecule is C[C@@H]1CCC[C@H](NC(=O)NCCCc2[nH]nc(N)c2C#N)C1. The third-order valence-electron chi connectivity index (χ3n) is 4.14. The van der Waals surface area contributed by atoms with Crippen LogP contribution in [-0.2, 0) is 6.42 Å². The Morgan fingerprint density at radius 2 is 2.36 bits per heavy atom. The number of hydrogen-bond acceptors (Lipinski definition) is 4. The maximum absolute atomic E-state index is 11.8. The Morgan fingerprint density at radius 1 is 1.55 bits per heavy atom. The highest BCUT2D eigenvalue weighted by molar-refractivity contribution is 5.74. The molecule has 1 fully saturated rings. The standard InChI is InChI=1S/C15H24N6O/c1-10-4-2-5-11(8-10)19-15(22)18-7-3-6-13-12(9-16)14(17)21-20-13/h10-11H,2-8H2,1H3,(H3,17,20,21)(H2,18,19,22)/t10-,11+/m1/s1. The third kappa shape index (κ3) is 4.38. The molecule has 1 saturated carbocycles. The first-order valence-corrected chi connectivity index (χ1v) is 7.87. The second-order valence-electron chi connectivity index (χ2n) is 6.05. The van der Waals surface area contributed by atoms with Gasteiger partial charge >= 0.3 is 6.03 Å². The Morgan fingerprint density at radius 3 is 3.09 bits per heavy atom.